The normalized spacial score (nSPS) is 13.0. The third-order valence-corrected chi connectivity index (χ3v) is 4.98. The van der Waals surface area contributed by atoms with Gasteiger partial charge < -0.3 is 14.5 Å². The van der Waals surface area contributed by atoms with Crippen molar-refractivity contribution >= 4 is 5.91 Å². The van der Waals surface area contributed by atoms with Crippen LogP contribution in [-0.2, 0) is 6.61 Å². The summed E-state index contributed by atoms with van der Waals surface area (Å²) in [4.78, 5) is 12.4. The molecule has 1 N–H and O–H groups in total. The molecule has 1 heterocycles. The van der Waals surface area contributed by atoms with Crippen LogP contribution in [0.4, 0.5) is 0 Å². The minimum absolute atomic E-state index is 0.0949. The largest absolute Gasteiger partial charge is 0.486 e. The lowest BCUT2D eigenvalue weighted by molar-refractivity contribution is 0.0907. The minimum Gasteiger partial charge on any atom is -0.486 e. The Morgan fingerprint density at radius 3 is 2.36 bits per heavy atom. The van der Waals surface area contributed by atoms with Crippen molar-refractivity contribution in [2.75, 3.05) is 0 Å². The zero-order chi connectivity index (χ0) is 19.9. The summed E-state index contributed by atoms with van der Waals surface area (Å²) in [6.07, 6.45) is 1.11. The molecule has 4 nitrogen and oxygen atoms in total. The van der Waals surface area contributed by atoms with E-state index in [1.165, 1.54) is 5.56 Å². The molecule has 0 spiro atoms. The first-order valence-electron chi connectivity index (χ1n) is 9.74. The minimum atomic E-state index is -0.236. The van der Waals surface area contributed by atoms with Gasteiger partial charge in [-0.2, -0.15) is 0 Å². The highest BCUT2D eigenvalue weighted by atomic mass is 16.5. The van der Waals surface area contributed by atoms with Crippen LogP contribution in [0.15, 0.2) is 71.1 Å². The number of ether oxygens (including phenoxy) is 1. The second-order valence-corrected chi connectivity index (χ2v) is 7.04. The van der Waals surface area contributed by atoms with Gasteiger partial charge >= 0.3 is 0 Å². The number of hydrogen-bond acceptors (Lipinski definition) is 3. The third kappa shape index (κ3) is 5.03. The Morgan fingerprint density at radius 2 is 1.68 bits per heavy atom. The van der Waals surface area contributed by atoms with Gasteiger partial charge in [-0.05, 0) is 54.7 Å². The van der Waals surface area contributed by atoms with E-state index in [4.69, 9.17) is 9.15 Å². The number of carbonyl (C=O) groups excluding carboxylic acids is 1. The van der Waals surface area contributed by atoms with E-state index < -0.39 is 0 Å². The Balaban J connectivity index is 1.54. The van der Waals surface area contributed by atoms with Crippen molar-refractivity contribution in [1.29, 1.82) is 0 Å². The van der Waals surface area contributed by atoms with Crippen molar-refractivity contribution in [3.8, 4) is 5.75 Å². The van der Waals surface area contributed by atoms with E-state index in [2.05, 4.69) is 31.3 Å². The van der Waals surface area contributed by atoms with Crippen LogP contribution in [0.1, 0.15) is 66.6 Å². The van der Waals surface area contributed by atoms with Gasteiger partial charge in [0.2, 0.25) is 0 Å². The van der Waals surface area contributed by atoms with Gasteiger partial charge in [-0.15, -0.1) is 0 Å². The lowest BCUT2D eigenvalue weighted by Gasteiger charge is -2.13. The van der Waals surface area contributed by atoms with Crippen molar-refractivity contribution in [2.24, 2.45) is 0 Å². The Labute approximate surface area is 166 Å². The molecule has 0 aliphatic carbocycles. The summed E-state index contributed by atoms with van der Waals surface area (Å²) in [6, 6.07) is 21.3. The van der Waals surface area contributed by atoms with Crippen molar-refractivity contribution in [3.05, 3.63) is 89.4 Å². The first-order valence-corrected chi connectivity index (χ1v) is 9.74. The van der Waals surface area contributed by atoms with Gasteiger partial charge in [-0.3, -0.25) is 4.79 Å². The van der Waals surface area contributed by atoms with Gasteiger partial charge in [0.05, 0.1) is 6.04 Å². The van der Waals surface area contributed by atoms with Crippen LogP contribution in [0.2, 0.25) is 0 Å². The second kappa shape index (κ2) is 9.27. The average molecular weight is 377 g/mol. The number of rotatable bonds is 8. The number of furan rings is 1. The van der Waals surface area contributed by atoms with Crippen molar-refractivity contribution in [1.82, 2.24) is 5.32 Å². The SMILES string of the molecule is CCC(C)c1ccc(OCc2ccc(C(=O)NC(C)c3ccccc3)o2)cc1. The summed E-state index contributed by atoms with van der Waals surface area (Å²) < 4.78 is 11.4. The fraction of sp³-hybridized carbons (Fsp3) is 0.292. The van der Waals surface area contributed by atoms with Crippen LogP contribution in [0, 0.1) is 0 Å². The molecule has 1 aromatic heterocycles. The maximum absolute atomic E-state index is 12.4. The van der Waals surface area contributed by atoms with Crippen molar-refractivity contribution < 1.29 is 13.9 Å². The van der Waals surface area contributed by atoms with Crippen LogP contribution < -0.4 is 10.1 Å². The summed E-state index contributed by atoms with van der Waals surface area (Å²) in [5.41, 5.74) is 2.35. The highest BCUT2D eigenvalue weighted by molar-refractivity contribution is 5.91. The summed E-state index contributed by atoms with van der Waals surface area (Å²) in [6.45, 7) is 6.62. The maximum atomic E-state index is 12.4. The monoisotopic (exact) mass is 377 g/mol. The highest BCUT2D eigenvalue weighted by Crippen LogP contribution is 2.22. The number of nitrogens with one attached hydrogen (secondary N) is 1. The van der Waals surface area contributed by atoms with Crippen LogP contribution in [-0.4, -0.2) is 5.91 Å². The van der Waals surface area contributed by atoms with Crippen LogP contribution in [0.25, 0.3) is 0 Å². The fourth-order valence-electron chi connectivity index (χ4n) is 2.95. The molecule has 0 aliphatic rings. The van der Waals surface area contributed by atoms with Crippen LogP contribution in [0.3, 0.4) is 0 Å². The average Bonchev–Trinajstić information content (AvgIpc) is 3.22. The van der Waals surface area contributed by atoms with Gasteiger partial charge in [0.1, 0.15) is 18.1 Å². The molecule has 0 bridgehead atoms. The molecule has 3 rings (SSSR count). The van der Waals surface area contributed by atoms with Crippen molar-refractivity contribution in [2.45, 2.75) is 45.8 Å². The van der Waals surface area contributed by atoms with E-state index in [0.717, 1.165) is 17.7 Å². The number of hydrogen-bond donors (Lipinski definition) is 1. The molecule has 146 valence electrons. The fourth-order valence-corrected chi connectivity index (χ4v) is 2.95. The molecule has 2 atom stereocenters. The van der Waals surface area contributed by atoms with Gasteiger partial charge in [0.25, 0.3) is 5.91 Å². The van der Waals surface area contributed by atoms with Crippen molar-refractivity contribution in [3.63, 3.8) is 0 Å². The summed E-state index contributed by atoms with van der Waals surface area (Å²) in [7, 11) is 0. The van der Waals surface area contributed by atoms with Gasteiger partial charge in [-0.25, -0.2) is 0 Å². The lowest BCUT2D eigenvalue weighted by Crippen LogP contribution is -2.26. The number of benzene rings is 2. The molecule has 0 radical (unpaired) electrons. The summed E-state index contributed by atoms with van der Waals surface area (Å²) in [5.74, 6) is 1.99. The second-order valence-electron chi connectivity index (χ2n) is 7.04. The zero-order valence-corrected chi connectivity index (χ0v) is 16.6. The molecule has 0 saturated heterocycles. The first kappa shape index (κ1) is 19.7. The molecule has 0 saturated carbocycles. The van der Waals surface area contributed by atoms with Crippen LogP contribution >= 0.6 is 0 Å². The molecule has 0 aliphatic heterocycles. The molecule has 1 amide bonds. The third-order valence-electron chi connectivity index (χ3n) is 4.98. The van der Waals surface area contributed by atoms with Gasteiger partial charge in [0, 0.05) is 0 Å². The lowest BCUT2D eigenvalue weighted by atomic mass is 9.99. The standard InChI is InChI=1S/C24H27NO3/c1-4-17(2)19-10-12-21(13-11-19)27-16-22-14-15-23(28-22)24(26)25-18(3)20-8-6-5-7-9-20/h5-15,17-18H,4,16H2,1-3H3,(H,25,26). The predicted octanol–water partition coefficient (Wildman–Crippen LogP) is 5.86. The number of carbonyl (C=O) groups is 1. The topological polar surface area (TPSA) is 51.5 Å². The summed E-state index contributed by atoms with van der Waals surface area (Å²) in [5, 5.41) is 2.95. The zero-order valence-electron chi connectivity index (χ0n) is 16.6. The Morgan fingerprint density at radius 1 is 0.964 bits per heavy atom. The predicted molar refractivity (Wildman–Crippen MR) is 111 cm³/mol. The van der Waals surface area contributed by atoms with E-state index in [9.17, 15) is 4.79 Å². The quantitative estimate of drug-likeness (QED) is 0.535. The van der Waals surface area contributed by atoms with E-state index in [0.29, 0.717) is 11.7 Å². The molecule has 0 fully saturated rings. The van der Waals surface area contributed by atoms with E-state index in [-0.39, 0.29) is 24.3 Å². The smallest absolute Gasteiger partial charge is 0.287 e. The Kier molecular flexibility index (Phi) is 6.53. The molecule has 2 unspecified atom stereocenters. The first-order chi connectivity index (χ1) is 13.6. The molecular weight excluding hydrogens is 350 g/mol. The highest BCUT2D eigenvalue weighted by Gasteiger charge is 2.15. The maximum Gasteiger partial charge on any atom is 0.287 e. The summed E-state index contributed by atoms with van der Waals surface area (Å²) >= 11 is 0. The Hall–Kier alpha value is -3.01. The van der Waals surface area contributed by atoms with E-state index in [1.54, 1.807) is 12.1 Å². The molecule has 2 aromatic carbocycles. The molecule has 4 heteroatoms. The Bertz CT molecular complexity index is 884. The van der Waals surface area contributed by atoms with Gasteiger partial charge in [-0.1, -0.05) is 56.3 Å². The number of amides is 1. The molecule has 3 aromatic rings. The van der Waals surface area contributed by atoms with Gasteiger partial charge in [0.15, 0.2) is 5.76 Å². The van der Waals surface area contributed by atoms with E-state index in [1.807, 2.05) is 49.4 Å². The van der Waals surface area contributed by atoms with E-state index >= 15 is 0 Å². The van der Waals surface area contributed by atoms with Crippen LogP contribution in [0.5, 0.6) is 5.75 Å². The molecule has 28 heavy (non-hydrogen) atoms. The molecular formula is C24H27NO3.